The summed E-state index contributed by atoms with van der Waals surface area (Å²) in [6, 6.07) is 0. The van der Waals surface area contributed by atoms with E-state index in [0.29, 0.717) is 12.1 Å². The maximum absolute atomic E-state index is 10.8. The highest BCUT2D eigenvalue weighted by Crippen LogP contribution is 2.11. The molecule has 82 valence electrons. The standard InChI is InChI=1S/C9H13N3O3/c13-9(14)8-7(5-11-15-8)6-12-3-1-10-2-4-12/h5,10H,1-4,6H2,(H,13,14). The summed E-state index contributed by atoms with van der Waals surface area (Å²) in [5.41, 5.74) is 0.643. The van der Waals surface area contributed by atoms with Crippen LogP contribution in [0, 0.1) is 0 Å². The van der Waals surface area contributed by atoms with Crippen molar-refractivity contribution in [2.24, 2.45) is 0 Å². The number of hydrogen-bond donors (Lipinski definition) is 2. The molecule has 1 fully saturated rings. The van der Waals surface area contributed by atoms with Crippen molar-refractivity contribution in [2.45, 2.75) is 6.54 Å². The summed E-state index contributed by atoms with van der Waals surface area (Å²) in [5, 5.41) is 15.6. The van der Waals surface area contributed by atoms with Crippen LogP contribution in [0.25, 0.3) is 0 Å². The SMILES string of the molecule is O=C(O)c1oncc1CN1CCNCC1. The zero-order valence-electron chi connectivity index (χ0n) is 8.27. The number of carbonyl (C=O) groups is 1. The van der Waals surface area contributed by atoms with Gasteiger partial charge in [0.25, 0.3) is 0 Å². The second-order valence-corrected chi connectivity index (χ2v) is 3.51. The molecule has 2 N–H and O–H groups in total. The monoisotopic (exact) mass is 211 g/mol. The number of nitrogens with one attached hydrogen (secondary N) is 1. The predicted octanol–water partition coefficient (Wildman–Crippen LogP) is -0.222. The first-order valence-electron chi connectivity index (χ1n) is 4.87. The Balaban J connectivity index is 2.03. The molecule has 1 aromatic heterocycles. The molecule has 1 aliphatic heterocycles. The average Bonchev–Trinajstić information content (AvgIpc) is 2.67. The van der Waals surface area contributed by atoms with Crippen LogP contribution in [0.1, 0.15) is 16.1 Å². The van der Waals surface area contributed by atoms with Crippen LogP contribution in [0.3, 0.4) is 0 Å². The lowest BCUT2D eigenvalue weighted by Crippen LogP contribution is -2.43. The van der Waals surface area contributed by atoms with Crippen LogP contribution in [0.5, 0.6) is 0 Å². The first kappa shape index (κ1) is 10.1. The van der Waals surface area contributed by atoms with Crippen LogP contribution in [0.2, 0.25) is 0 Å². The highest BCUT2D eigenvalue weighted by atomic mass is 16.5. The number of hydrogen-bond acceptors (Lipinski definition) is 5. The highest BCUT2D eigenvalue weighted by Gasteiger charge is 2.19. The van der Waals surface area contributed by atoms with Crippen LogP contribution in [0.4, 0.5) is 0 Å². The summed E-state index contributed by atoms with van der Waals surface area (Å²) >= 11 is 0. The third kappa shape index (κ3) is 2.34. The molecule has 0 saturated carbocycles. The fourth-order valence-electron chi connectivity index (χ4n) is 1.66. The van der Waals surface area contributed by atoms with Gasteiger partial charge in [0, 0.05) is 38.3 Å². The molecule has 0 amide bonds. The van der Waals surface area contributed by atoms with Crippen molar-refractivity contribution in [1.82, 2.24) is 15.4 Å². The smallest absolute Gasteiger partial charge is 0.375 e. The van der Waals surface area contributed by atoms with Crippen molar-refractivity contribution in [3.63, 3.8) is 0 Å². The van der Waals surface area contributed by atoms with Crippen molar-refractivity contribution < 1.29 is 14.4 Å². The summed E-state index contributed by atoms with van der Waals surface area (Å²) in [4.78, 5) is 12.9. The van der Waals surface area contributed by atoms with Crippen LogP contribution in [-0.2, 0) is 6.54 Å². The van der Waals surface area contributed by atoms with Crippen LogP contribution < -0.4 is 5.32 Å². The summed E-state index contributed by atoms with van der Waals surface area (Å²) in [5.74, 6) is -1.11. The summed E-state index contributed by atoms with van der Waals surface area (Å²) in [6.07, 6.45) is 1.48. The molecule has 6 nitrogen and oxygen atoms in total. The van der Waals surface area contributed by atoms with Gasteiger partial charge in [-0.15, -0.1) is 0 Å². The van der Waals surface area contributed by atoms with Gasteiger partial charge in [-0.2, -0.15) is 0 Å². The lowest BCUT2D eigenvalue weighted by Gasteiger charge is -2.26. The van der Waals surface area contributed by atoms with Gasteiger partial charge in [0.2, 0.25) is 5.76 Å². The van der Waals surface area contributed by atoms with Gasteiger partial charge in [-0.1, -0.05) is 5.16 Å². The molecule has 0 bridgehead atoms. The molecule has 1 aromatic rings. The maximum Gasteiger partial charge on any atom is 0.375 e. The molecule has 1 aliphatic rings. The first-order valence-corrected chi connectivity index (χ1v) is 4.87. The summed E-state index contributed by atoms with van der Waals surface area (Å²) in [6.45, 7) is 4.31. The fraction of sp³-hybridized carbons (Fsp3) is 0.556. The largest absolute Gasteiger partial charge is 0.475 e. The average molecular weight is 211 g/mol. The number of rotatable bonds is 3. The lowest BCUT2D eigenvalue weighted by molar-refractivity contribution is 0.0648. The highest BCUT2D eigenvalue weighted by molar-refractivity contribution is 5.85. The molecule has 1 saturated heterocycles. The number of nitrogens with zero attached hydrogens (tertiary/aromatic N) is 2. The molecule has 0 spiro atoms. The number of carboxylic acids is 1. The van der Waals surface area contributed by atoms with Crippen LogP contribution in [-0.4, -0.2) is 47.3 Å². The fourth-order valence-corrected chi connectivity index (χ4v) is 1.66. The Morgan fingerprint density at radius 2 is 2.33 bits per heavy atom. The van der Waals surface area contributed by atoms with E-state index in [1.165, 1.54) is 6.20 Å². The minimum atomic E-state index is -1.06. The van der Waals surface area contributed by atoms with E-state index in [-0.39, 0.29) is 5.76 Å². The minimum Gasteiger partial charge on any atom is -0.475 e. The lowest BCUT2D eigenvalue weighted by atomic mass is 10.2. The van der Waals surface area contributed by atoms with Gasteiger partial charge in [0.1, 0.15) is 0 Å². The van der Waals surface area contributed by atoms with Gasteiger partial charge in [-0.25, -0.2) is 4.79 Å². The van der Waals surface area contributed by atoms with E-state index in [0.717, 1.165) is 26.2 Å². The normalized spacial score (nSPS) is 17.9. The Hall–Kier alpha value is -1.40. The van der Waals surface area contributed by atoms with Crippen molar-refractivity contribution in [1.29, 1.82) is 0 Å². The van der Waals surface area contributed by atoms with Gasteiger partial charge in [-0.05, 0) is 0 Å². The quantitative estimate of drug-likeness (QED) is 0.719. The van der Waals surface area contributed by atoms with Crippen LogP contribution >= 0.6 is 0 Å². The van der Waals surface area contributed by atoms with E-state index < -0.39 is 5.97 Å². The maximum atomic E-state index is 10.8. The van der Waals surface area contributed by atoms with E-state index in [1.54, 1.807) is 0 Å². The summed E-state index contributed by atoms with van der Waals surface area (Å²) < 4.78 is 4.68. The zero-order valence-corrected chi connectivity index (χ0v) is 8.27. The predicted molar refractivity (Wildman–Crippen MR) is 51.6 cm³/mol. The molecule has 6 heteroatoms. The number of aromatic carboxylic acids is 1. The molecule has 0 radical (unpaired) electrons. The first-order chi connectivity index (χ1) is 7.27. The van der Waals surface area contributed by atoms with E-state index in [1.807, 2.05) is 0 Å². The molecule has 2 rings (SSSR count). The molecule has 0 aromatic carbocycles. The van der Waals surface area contributed by atoms with Crippen molar-refractivity contribution >= 4 is 5.97 Å². The Morgan fingerprint density at radius 3 is 3.00 bits per heavy atom. The Bertz CT molecular complexity index is 344. The molecule has 2 heterocycles. The zero-order chi connectivity index (χ0) is 10.7. The summed E-state index contributed by atoms with van der Waals surface area (Å²) in [7, 11) is 0. The van der Waals surface area contributed by atoms with E-state index in [2.05, 4.69) is 19.9 Å². The molecular weight excluding hydrogens is 198 g/mol. The van der Waals surface area contributed by atoms with Crippen molar-refractivity contribution in [2.75, 3.05) is 26.2 Å². The van der Waals surface area contributed by atoms with E-state index in [9.17, 15) is 4.79 Å². The second-order valence-electron chi connectivity index (χ2n) is 3.51. The molecule has 0 aliphatic carbocycles. The topological polar surface area (TPSA) is 78.6 Å². The number of aromatic nitrogens is 1. The van der Waals surface area contributed by atoms with Crippen LogP contribution in [0.15, 0.2) is 10.7 Å². The molecule has 0 atom stereocenters. The van der Waals surface area contributed by atoms with Gasteiger partial charge >= 0.3 is 5.97 Å². The third-order valence-electron chi connectivity index (χ3n) is 2.44. The van der Waals surface area contributed by atoms with Crippen molar-refractivity contribution in [3.05, 3.63) is 17.5 Å². The Morgan fingerprint density at radius 1 is 1.60 bits per heavy atom. The van der Waals surface area contributed by atoms with Gasteiger partial charge in [0.15, 0.2) is 0 Å². The van der Waals surface area contributed by atoms with Gasteiger partial charge in [-0.3, -0.25) is 4.90 Å². The third-order valence-corrected chi connectivity index (χ3v) is 2.44. The number of piperazine rings is 1. The van der Waals surface area contributed by atoms with Gasteiger partial charge in [0.05, 0.1) is 6.20 Å². The Kier molecular flexibility index (Phi) is 2.98. The Labute approximate surface area is 86.8 Å². The minimum absolute atomic E-state index is 0.0477. The molecule has 15 heavy (non-hydrogen) atoms. The van der Waals surface area contributed by atoms with E-state index in [4.69, 9.17) is 5.11 Å². The second kappa shape index (κ2) is 4.41. The van der Waals surface area contributed by atoms with E-state index >= 15 is 0 Å². The molecule has 0 unspecified atom stereocenters. The molecular formula is C9H13N3O3. The van der Waals surface area contributed by atoms with Gasteiger partial charge < -0.3 is 14.9 Å². The number of carboxylic acid groups (broad SMARTS) is 1. The van der Waals surface area contributed by atoms with Crippen molar-refractivity contribution in [3.8, 4) is 0 Å².